The molecule has 4 rings (SSSR count). The van der Waals surface area contributed by atoms with Crippen LogP contribution in [0.3, 0.4) is 0 Å². The zero-order valence-electron chi connectivity index (χ0n) is 18.9. The Morgan fingerprint density at radius 1 is 1.12 bits per heavy atom. The normalized spacial score (nSPS) is 16.1. The molecule has 0 aliphatic carbocycles. The second-order valence-corrected chi connectivity index (χ2v) is 8.61. The van der Waals surface area contributed by atoms with Gasteiger partial charge < -0.3 is 9.15 Å². The monoisotopic (exact) mass is 460 g/mol. The molecule has 1 aliphatic rings. The van der Waals surface area contributed by atoms with E-state index in [0.29, 0.717) is 33.7 Å². The van der Waals surface area contributed by atoms with Crippen molar-refractivity contribution >= 4 is 40.6 Å². The number of hydrogen-bond donors (Lipinski definition) is 0. The maximum absolute atomic E-state index is 13.0. The van der Waals surface area contributed by atoms with E-state index >= 15 is 0 Å². The minimum Gasteiger partial charge on any atom is -0.465 e. The lowest BCUT2D eigenvalue weighted by atomic mass is 10.1. The molecule has 6 nitrogen and oxygen atoms in total. The number of carbonyl (C=O) groups is 2. The van der Waals surface area contributed by atoms with Gasteiger partial charge in [0.25, 0.3) is 5.91 Å². The number of ether oxygens (including phenoxy) is 1. The number of benzene rings is 2. The van der Waals surface area contributed by atoms with Gasteiger partial charge in [-0.2, -0.15) is 0 Å². The van der Waals surface area contributed by atoms with E-state index in [-0.39, 0.29) is 5.91 Å². The van der Waals surface area contributed by atoms with E-state index < -0.39 is 5.97 Å². The molecule has 1 amide bonds. The molecule has 1 aromatic heterocycles. The van der Waals surface area contributed by atoms with Gasteiger partial charge >= 0.3 is 5.97 Å². The van der Waals surface area contributed by atoms with E-state index in [4.69, 9.17) is 14.1 Å². The molecule has 1 saturated heterocycles. The first-order valence-electron chi connectivity index (χ1n) is 10.6. The minimum atomic E-state index is -0.408. The molecule has 0 bridgehead atoms. The third-order valence-corrected chi connectivity index (χ3v) is 6.39. The molecule has 0 radical (unpaired) electrons. The van der Waals surface area contributed by atoms with E-state index in [9.17, 15) is 9.59 Å². The molecule has 1 aliphatic heterocycles. The minimum absolute atomic E-state index is 0.101. The van der Waals surface area contributed by atoms with Gasteiger partial charge in [0.2, 0.25) is 0 Å². The molecule has 1 fully saturated rings. The molecule has 33 heavy (non-hydrogen) atoms. The van der Waals surface area contributed by atoms with Crippen LogP contribution >= 0.6 is 11.8 Å². The van der Waals surface area contributed by atoms with E-state index in [1.807, 2.05) is 44.2 Å². The number of likely N-dealkylation sites (N-methyl/N-ethyl adjacent to an activating group) is 1. The summed E-state index contributed by atoms with van der Waals surface area (Å²) in [5, 5.41) is 0.648. The standard InChI is InChI=1S/C26H24N2O4S/c1-5-28-24(29)23(33-26(28)27-20-10-9-16(2)17(3)13-20)15-21-11-12-22(32-21)18-7-6-8-19(14-18)25(30)31-4/h6-15H,5H2,1-4H3. The van der Waals surface area contributed by atoms with E-state index in [0.717, 1.165) is 16.8 Å². The van der Waals surface area contributed by atoms with Crippen LogP contribution in [0.4, 0.5) is 5.69 Å². The van der Waals surface area contributed by atoms with Crippen LogP contribution in [0.25, 0.3) is 17.4 Å². The number of rotatable bonds is 5. The topological polar surface area (TPSA) is 72.1 Å². The lowest BCUT2D eigenvalue weighted by Crippen LogP contribution is -2.28. The van der Waals surface area contributed by atoms with Crippen LogP contribution in [0, 0.1) is 13.8 Å². The Balaban J connectivity index is 1.60. The molecule has 0 atom stereocenters. The first-order chi connectivity index (χ1) is 15.9. The summed E-state index contributed by atoms with van der Waals surface area (Å²) < 4.78 is 10.7. The van der Waals surface area contributed by atoms with Crippen LogP contribution in [0.15, 0.2) is 68.9 Å². The van der Waals surface area contributed by atoms with Crippen LogP contribution in [-0.4, -0.2) is 35.6 Å². The maximum Gasteiger partial charge on any atom is 0.337 e. The number of methoxy groups -OCH3 is 1. The SMILES string of the molecule is CCN1C(=O)C(=Cc2ccc(-c3cccc(C(=O)OC)c3)o2)SC1=Nc1ccc(C)c(C)c1. The third-order valence-electron chi connectivity index (χ3n) is 5.39. The smallest absolute Gasteiger partial charge is 0.337 e. The van der Waals surface area contributed by atoms with Crippen molar-refractivity contribution in [2.45, 2.75) is 20.8 Å². The van der Waals surface area contributed by atoms with E-state index in [1.165, 1.54) is 24.4 Å². The van der Waals surface area contributed by atoms with Gasteiger partial charge in [-0.05, 0) is 80.1 Å². The number of carbonyl (C=O) groups excluding carboxylic acids is 2. The Kier molecular flexibility index (Phi) is 6.51. The quantitative estimate of drug-likeness (QED) is 0.346. The summed E-state index contributed by atoms with van der Waals surface area (Å²) in [7, 11) is 1.35. The average molecular weight is 461 g/mol. The van der Waals surface area contributed by atoms with E-state index in [2.05, 4.69) is 6.92 Å². The molecule has 0 spiro atoms. The van der Waals surface area contributed by atoms with Gasteiger partial charge in [0, 0.05) is 18.2 Å². The molecule has 3 aromatic rings. The fourth-order valence-electron chi connectivity index (χ4n) is 3.41. The number of thioether (sulfide) groups is 1. The number of esters is 1. The third kappa shape index (κ3) is 4.78. The summed E-state index contributed by atoms with van der Waals surface area (Å²) in [5.74, 6) is 0.636. The van der Waals surface area contributed by atoms with Crippen LogP contribution in [-0.2, 0) is 9.53 Å². The predicted octanol–water partition coefficient (Wildman–Crippen LogP) is 5.97. The lowest BCUT2D eigenvalue weighted by Gasteiger charge is -2.12. The molecule has 168 valence electrons. The second-order valence-electron chi connectivity index (χ2n) is 7.60. The molecule has 2 heterocycles. The molecular formula is C26H24N2O4S. The summed E-state index contributed by atoms with van der Waals surface area (Å²) in [6.07, 6.45) is 1.73. The highest BCUT2D eigenvalue weighted by atomic mass is 32.2. The van der Waals surface area contributed by atoms with Gasteiger partial charge in [-0.25, -0.2) is 9.79 Å². The number of nitrogens with zero attached hydrogens (tertiary/aromatic N) is 2. The number of aryl methyl sites for hydroxylation is 2. The van der Waals surface area contributed by atoms with Crippen molar-refractivity contribution in [3.8, 4) is 11.3 Å². The van der Waals surface area contributed by atoms with Crippen molar-refractivity contribution in [2.75, 3.05) is 13.7 Å². The number of amides is 1. The molecule has 2 aromatic carbocycles. The number of aliphatic imine (C=N–C) groups is 1. The predicted molar refractivity (Wildman–Crippen MR) is 131 cm³/mol. The summed E-state index contributed by atoms with van der Waals surface area (Å²) in [4.78, 5) is 31.7. The van der Waals surface area contributed by atoms with Crippen molar-refractivity contribution in [2.24, 2.45) is 4.99 Å². The van der Waals surface area contributed by atoms with Gasteiger partial charge in [-0.3, -0.25) is 9.69 Å². The van der Waals surface area contributed by atoms with Crippen LogP contribution < -0.4 is 0 Å². The Hall–Kier alpha value is -3.58. The maximum atomic E-state index is 13.0. The zero-order valence-corrected chi connectivity index (χ0v) is 19.7. The van der Waals surface area contributed by atoms with Gasteiger partial charge in [0.05, 0.1) is 23.3 Å². The summed E-state index contributed by atoms with van der Waals surface area (Å²) >= 11 is 1.33. The Morgan fingerprint density at radius 3 is 2.67 bits per heavy atom. The summed E-state index contributed by atoms with van der Waals surface area (Å²) in [5.41, 5.74) is 4.37. The van der Waals surface area contributed by atoms with Gasteiger partial charge in [0.15, 0.2) is 5.17 Å². The fraction of sp³-hybridized carbons (Fsp3) is 0.192. The van der Waals surface area contributed by atoms with Gasteiger partial charge in [-0.1, -0.05) is 18.2 Å². The van der Waals surface area contributed by atoms with Crippen molar-refractivity contribution in [3.63, 3.8) is 0 Å². The molecule has 0 unspecified atom stereocenters. The highest BCUT2D eigenvalue weighted by molar-refractivity contribution is 8.18. The van der Waals surface area contributed by atoms with Crippen LogP contribution in [0.1, 0.15) is 34.2 Å². The Morgan fingerprint density at radius 2 is 1.94 bits per heavy atom. The number of hydrogen-bond acceptors (Lipinski definition) is 6. The van der Waals surface area contributed by atoms with Crippen molar-refractivity contribution < 1.29 is 18.7 Å². The summed E-state index contributed by atoms with van der Waals surface area (Å²) in [6, 6.07) is 16.6. The molecule has 0 N–H and O–H groups in total. The van der Waals surface area contributed by atoms with Crippen molar-refractivity contribution in [1.29, 1.82) is 0 Å². The van der Waals surface area contributed by atoms with Crippen molar-refractivity contribution in [1.82, 2.24) is 4.90 Å². The molecular weight excluding hydrogens is 436 g/mol. The Bertz CT molecular complexity index is 1290. The molecule has 0 saturated carbocycles. The van der Waals surface area contributed by atoms with E-state index in [1.54, 1.807) is 35.2 Å². The molecule has 7 heteroatoms. The lowest BCUT2D eigenvalue weighted by molar-refractivity contribution is -0.122. The Labute approximate surface area is 197 Å². The van der Waals surface area contributed by atoms with Crippen LogP contribution in [0.2, 0.25) is 0 Å². The largest absolute Gasteiger partial charge is 0.465 e. The highest BCUT2D eigenvalue weighted by Crippen LogP contribution is 2.35. The average Bonchev–Trinajstić information content (AvgIpc) is 3.40. The van der Waals surface area contributed by atoms with Crippen LogP contribution in [0.5, 0.6) is 0 Å². The first kappa shape index (κ1) is 22.6. The van der Waals surface area contributed by atoms with Gasteiger partial charge in [0.1, 0.15) is 11.5 Å². The fourth-order valence-corrected chi connectivity index (χ4v) is 4.45. The summed E-state index contributed by atoms with van der Waals surface area (Å²) in [6.45, 7) is 6.56. The second kappa shape index (κ2) is 9.50. The first-order valence-corrected chi connectivity index (χ1v) is 11.4. The van der Waals surface area contributed by atoms with Crippen molar-refractivity contribution in [3.05, 3.63) is 82.0 Å². The number of furan rings is 1. The zero-order chi connectivity index (χ0) is 23.5. The number of amidine groups is 1. The van der Waals surface area contributed by atoms with Gasteiger partial charge in [-0.15, -0.1) is 0 Å². The highest BCUT2D eigenvalue weighted by Gasteiger charge is 2.32.